The molecular formula is C23H17ClN4O4. The van der Waals surface area contributed by atoms with Crippen LogP contribution < -0.4 is 20.1 Å². The molecule has 0 bridgehead atoms. The first-order valence-corrected chi connectivity index (χ1v) is 10.1. The van der Waals surface area contributed by atoms with E-state index in [1.165, 1.54) is 0 Å². The van der Waals surface area contributed by atoms with E-state index in [-0.39, 0.29) is 12.7 Å². The van der Waals surface area contributed by atoms with Crippen molar-refractivity contribution in [3.63, 3.8) is 0 Å². The Morgan fingerprint density at radius 3 is 2.53 bits per heavy atom. The van der Waals surface area contributed by atoms with Gasteiger partial charge < -0.3 is 24.5 Å². The molecule has 32 heavy (non-hydrogen) atoms. The second-order valence-electron chi connectivity index (χ2n) is 6.96. The van der Waals surface area contributed by atoms with E-state index < -0.39 is 12.1 Å². The fourth-order valence-corrected chi connectivity index (χ4v) is 3.39. The summed E-state index contributed by atoms with van der Waals surface area (Å²) in [6, 6.07) is 20.5. The molecule has 0 radical (unpaired) electrons. The first-order chi connectivity index (χ1) is 15.7. The van der Waals surface area contributed by atoms with Gasteiger partial charge in [-0.05, 0) is 42.0 Å². The van der Waals surface area contributed by atoms with Crippen LogP contribution in [0, 0.1) is 0 Å². The Balaban J connectivity index is 1.40. The van der Waals surface area contributed by atoms with Gasteiger partial charge in [-0.15, -0.1) is 10.2 Å². The molecular weight excluding hydrogens is 432 g/mol. The van der Waals surface area contributed by atoms with Gasteiger partial charge in [0, 0.05) is 22.3 Å². The molecule has 0 unspecified atom stereocenters. The number of halogens is 1. The van der Waals surface area contributed by atoms with E-state index in [0.29, 0.717) is 28.1 Å². The maximum atomic E-state index is 12.8. The van der Waals surface area contributed by atoms with E-state index in [9.17, 15) is 4.79 Å². The van der Waals surface area contributed by atoms with E-state index in [1.54, 1.807) is 42.5 Å². The van der Waals surface area contributed by atoms with Crippen LogP contribution in [-0.4, -0.2) is 23.0 Å². The molecule has 2 heterocycles. The Hall–Kier alpha value is -4.04. The van der Waals surface area contributed by atoms with Gasteiger partial charge in [0.05, 0.1) is 0 Å². The topological polar surface area (TPSA) is 98.5 Å². The molecule has 160 valence electrons. The van der Waals surface area contributed by atoms with Crippen LogP contribution in [0.25, 0.3) is 11.5 Å². The van der Waals surface area contributed by atoms with Crippen molar-refractivity contribution in [2.75, 3.05) is 12.1 Å². The van der Waals surface area contributed by atoms with E-state index in [0.717, 1.165) is 11.1 Å². The van der Waals surface area contributed by atoms with Crippen LogP contribution in [-0.2, 0) is 0 Å². The molecule has 1 aromatic heterocycles. The zero-order valence-corrected chi connectivity index (χ0v) is 17.4. The molecule has 0 saturated carbocycles. The fourth-order valence-electron chi connectivity index (χ4n) is 3.26. The summed E-state index contributed by atoms with van der Waals surface area (Å²) >= 11 is 6.03. The SMILES string of the molecule is O=C(Nc1ccc2c(c1)OCO2)N[C@@H](c1ccc(Cl)cc1)c1nnc(-c2ccccc2)o1. The van der Waals surface area contributed by atoms with Crippen LogP contribution in [0.3, 0.4) is 0 Å². The Morgan fingerprint density at radius 2 is 1.72 bits per heavy atom. The molecule has 3 aromatic carbocycles. The van der Waals surface area contributed by atoms with Gasteiger partial charge in [-0.25, -0.2) is 4.79 Å². The van der Waals surface area contributed by atoms with Gasteiger partial charge in [0.15, 0.2) is 11.5 Å². The van der Waals surface area contributed by atoms with Gasteiger partial charge in [-0.2, -0.15) is 0 Å². The molecule has 0 fully saturated rings. The number of fused-ring (bicyclic) bond motifs is 1. The Labute approximate surface area is 188 Å². The molecule has 1 aliphatic rings. The van der Waals surface area contributed by atoms with Crippen LogP contribution in [0.2, 0.25) is 5.02 Å². The zero-order valence-electron chi connectivity index (χ0n) is 16.6. The highest BCUT2D eigenvalue weighted by Crippen LogP contribution is 2.34. The molecule has 2 amide bonds. The summed E-state index contributed by atoms with van der Waals surface area (Å²) in [7, 11) is 0. The highest BCUT2D eigenvalue weighted by Gasteiger charge is 2.24. The summed E-state index contributed by atoms with van der Waals surface area (Å²) in [6.45, 7) is 0.157. The van der Waals surface area contributed by atoms with Gasteiger partial charge in [0.2, 0.25) is 18.6 Å². The third-order valence-electron chi connectivity index (χ3n) is 4.82. The summed E-state index contributed by atoms with van der Waals surface area (Å²) in [5.41, 5.74) is 2.07. The van der Waals surface area contributed by atoms with E-state index >= 15 is 0 Å². The van der Waals surface area contributed by atoms with Gasteiger partial charge in [0.25, 0.3) is 0 Å². The molecule has 1 aliphatic heterocycles. The molecule has 4 aromatic rings. The number of urea groups is 1. The largest absolute Gasteiger partial charge is 0.454 e. The van der Waals surface area contributed by atoms with Gasteiger partial charge in [-0.1, -0.05) is 41.9 Å². The number of rotatable bonds is 5. The van der Waals surface area contributed by atoms with Crippen molar-refractivity contribution in [1.82, 2.24) is 15.5 Å². The Kier molecular flexibility index (Phi) is 5.35. The minimum absolute atomic E-state index is 0.157. The van der Waals surface area contributed by atoms with E-state index in [4.69, 9.17) is 25.5 Å². The molecule has 5 rings (SSSR count). The van der Waals surface area contributed by atoms with Crippen molar-refractivity contribution in [2.24, 2.45) is 0 Å². The number of carbonyl (C=O) groups excluding carboxylic acids is 1. The maximum absolute atomic E-state index is 12.8. The van der Waals surface area contributed by atoms with Gasteiger partial charge in [-0.3, -0.25) is 0 Å². The number of carbonyl (C=O) groups is 1. The van der Waals surface area contributed by atoms with Crippen molar-refractivity contribution < 1.29 is 18.7 Å². The zero-order chi connectivity index (χ0) is 21.9. The standard InChI is InChI=1S/C23H17ClN4O4/c24-16-8-6-14(7-9-16)20(22-28-27-21(32-22)15-4-2-1-3-5-15)26-23(29)25-17-10-11-18-19(12-17)31-13-30-18/h1-12,20H,13H2,(H2,25,26,29)/t20-/m0/s1. The van der Waals surface area contributed by atoms with Crippen molar-refractivity contribution in [2.45, 2.75) is 6.04 Å². The van der Waals surface area contributed by atoms with Crippen molar-refractivity contribution in [3.8, 4) is 23.0 Å². The first kappa shape index (κ1) is 19.9. The Morgan fingerprint density at radius 1 is 0.938 bits per heavy atom. The van der Waals surface area contributed by atoms with Crippen LogP contribution in [0.1, 0.15) is 17.5 Å². The number of nitrogens with one attached hydrogen (secondary N) is 2. The summed E-state index contributed by atoms with van der Waals surface area (Å²) in [5, 5.41) is 14.6. The van der Waals surface area contributed by atoms with Crippen LogP contribution in [0.15, 0.2) is 77.2 Å². The number of ether oxygens (including phenoxy) is 2. The summed E-state index contributed by atoms with van der Waals surface area (Å²) < 4.78 is 16.5. The van der Waals surface area contributed by atoms with Crippen LogP contribution >= 0.6 is 11.6 Å². The second kappa shape index (κ2) is 8.60. The highest BCUT2D eigenvalue weighted by molar-refractivity contribution is 6.30. The summed E-state index contributed by atoms with van der Waals surface area (Å²) in [6.07, 6.45) is 0. The number of benzene rings is 3. The molecule has 1 atom stereocenters. The lowest BCUT2D eigenvalue weighted by Gasteiger charge is -2.16. The normalized spacial score (nSPS) is 12.9. The number of hydrogen-bond donors (Lipinski definition) is 2. The summed E-state index contributed by atoms with van der Waals surface area (Å²) in [5.74, 6) is 1.81. The third-order valence-corrected chi connectivity index (χ3v) is 5.07. The molecule has 0 aliphatic carbocycles. The predicted molar refractivity (Wildman–Crippen MR) is 118 cm³/mol. The molecule has 8 nitrogen and oxygen atoms in total. The molecule has 9 heteroatoms. The highest BCUT2D eigenvalue weighted by atomic mass is 35.5. The van der Waals surface area contributed by atoms with E-state index in [2.05, 4.69) is 20.8 Å². The van der Waals surface area contributed by atoms with Crippen molar-refractivity contribution in [1.29, 1.82) is 0 Å². The Bertz CT molecular complexity index is 1240. The quantitative estimate of drug-likeness (QED) is 0.444. The lowest BCUT2D eigenvalue weighted by Crippen LogP contribution is -2.33. The lowest BCUT2D eigenvalue weighted by atomic mass is 10.1. The number of anilines is 1. The third kappa shape index (κ3) is 4.21. The molecule has 0 saturated heterocycles. The van der Waals surface area contributed by atoms with E-state index in [1.807, 2.05) is 30.3 Å². The minimum Gasteiger partial charge on any atom is -0.454 e. The average Bonchev–Trinajstić information content (AvgIpc) is 3.48. The first-order valence-electron chi connectivity index (χ1n) is 9.77. The minimum atomic E-state index is -0.689. The van der Waals surface area contributed by atoms with Gasteiger partial charge in [0.1, 0.15) is 6.04 Å². The molecule has 0 spiro atoms. The number of aromatic nitrogens is 2. The number of amides is 2. The average molecular weight is 449 g/mol. The monoisotopic (exact) mass is 448 g/mol. The second-order valence-corrected chi connectivity index (χ2v) is 7.40. The van der Waals surface area contributed by atoms with Gasteiger partial charge >= 0.3 is 6.03 Å². The molecule has 2 N–H and O–H groups in total. The summed E-state index contributed by atoms with van der Waals surface area (Å²) in [4.78, 5) is 12.8. The van der Waals surface area contributed by atoms with Crippen molar-refractivity contribution in [3.05, 3.63) is 89.3 Å². The fraction of sp³-hybridized carbons (Fsp3) is 0.0870. The lowest BCUT2D eigenvalue weighted by molar-refractivity contribution is 0.174. The van der Waals surface area contributed by atoms with Crippen LogP contribution in [0.4, 0.5) is 10.5 Å². The maximum Gasteiger partial charge on any atom is 0.320 e. The number of hydrogen-bond acceptors (Lipinski definition) is 6. The smallest absolute Gasteiger partial charge is 0.320 e. The predicted octanol–water partition coefficient (Wildman–Crippen LogP) is 5.03. The van der Waals surface area contributed by atoms with Crippen LogP contribution in [0.5, 0.6) is 11.5 Å². The number of nitrogens with zero attached hydrogens (tertiary/aromatic N) is 2. The van der Waals surface area contributed by atoms with Crippen molar-refractivity contribution >= 4 is 23.3 Å².